The molecule has 1 aromatic rings. The maximum Gasteiger partial charge on any atom is 0.127 e. The van der Waals surface area contributed by atoms with Gasteiger partial charge in [-0.1, -0.05) is 12.1 Å². The summed E-state index contributed by atoms with van der Waals surface area (Å²) in [6.45, 7) is 0.957. The largest absolute Gasteiger partial charge is 0.497 e. The average Bonchev–Trinajstić information content (AvgIpc) is 2.70. The smallest absolute Gasteiger partial charge is 0.127 e. The molecule has 0 radical (unpaired) electrons. The van der Waals surface area contributed by atoms with Gasteiger partial charge in [0.05, 0.1) is 19.3 Å². The first kappa shape index (κ1) is 17.6. The predicted octanol–water partition coefficient (Wildman–Crippen LogP) is 4.24. The van der Waals surface area contributed by atoms with Gasteiger partial charge in [-0.3, -0.25) is 0 Å². The van der Waals surface area contributed by atoms with Crippen LogP contribution in [-0.2, 0) is 14.9 Å². The first-order chi connectivity index (χ1) is 12.7. The quantitative estimate of drug-likeness (QED) is 0.828. The van der Waals surface area contributed by atoms with Crippen molar-refractivity contribution in [2.24, 2.45) is 0 Å². The Bertz CT molecular complexity index is 694. The summed E-state index contributed by atoms with van der Waals surface area (Å²) in [5.74, 6) is 2.71. The van der Waals surface area contributed by atoms with Crippen LogP contribution in [0.4, 0.5) is 0 Å². The van der Waals surface area contributed by atoms with E-state index in [0.717, 1.165) is 68.8 Å². The highest BCUT2D eigenvalue weighted by molar-refractivity contribution is 5.37. The minimum Gasteiger partial charge on any atom is -0.497 e. The van der Waals surface area contributed by atoms with Gasteiger partial charge in [0.25, 0.3) is 0 Å². The summed E-state index contributed by atoms with van der Waals surface area (Å²) < 4.78 is 17.7. The molecule has 0 amide bonds. The molecule has 1 aromatic carbocycles. The number of rotatable bonds is 6. The molecular formula is C22H28O4. The van der Waals surface area contributed by atoms with Crippen molar-refractivity contribution >= 4 is 0 Å². The van der Waals surface area contributed by atoms with Gasteiger partial charge in [-0.25, -0.2) is 0 Å². The lowest BCUT2D eigenvalue weighted by Gasteiger charge is -2.53. The summed E-state index contributed by atoms with van der Waals surface area (Å²) in [6.07, 6.45) is 11.0. The van der Waals surface area contributed by atoms with E-state index >= 15 is 0 Å². The summed E-state index contributed by atoms with van der Waals surface area (Å²) >= 11 is 0. The number of fused-ring (bicyclic) bond motifs is 3. The van der Waals surface area contributed by atoms with Crippen LogP contribution in [-0.4, -0.2) is 31.0 Å². The van der Waals surface area contributed by atoms with E-state index in [1.54, 1.807) is 7.11 Å². The van der Waals surface area contributed by atoms with Crippen LogP contribution in [0.1, 0.15) is 50.5 Å². The Hall–Kier alpha value is -1.78. The average molecular weight is 356 g/mol. The van der Waals surface area contributed by atoms with Gasteiger partial charge < -0.3 is 19.3 Å². The third-order valence-corrected chi connectivity index (χ3v) is 6.31. The predicted molar refractivity (Wildman–Crippen MR) is 100 cm³/mol. The second kappa shape index (κ2) is 7.09. The molecule has 0 spiro atoms. The molecule has 2 aliphatic heterocycles. The van der Waals surface area contributed by atoms with E-state index in [4.69, 9.17) is 14.2 Å². The first-order valence-electron chi connectivity index (χ1n) is 9.65. The molecule has 0 aromatic heterocycles. The molecule has 0 unspecified atom stereocenters. The van der Waals surface area contributed by atoms with Crippen molar-refractivity contribution in [3.8, 4) is 5.75 Å². The number of hydrogen-bond donors (Lipinski definition) is 1. The first-order valence-corrected chi connectivity index (χ1v) is 9.65. The zero-order valence-corrected chi connectivity index (χ0v) is 15.5. The normalized spacial score (nSPS) is 30.5. The summed E-state index contributed by atoms with van der Waals surface area (Å²) in [4.78, 5) is 0. The Morgan fingerprint density at radius 2 is 2.04 bits per heavy atom. The van der Waals surface area contributed by atoms with Crippen LogP contribution in [0.25, 0.3) is 0 Å². The van der Waals surface area contributed by atoms with Crippen molar-refractivity contribution in [3.05, 3.63) is 53.5 Å². The number of ether oxygens (including phenoxy) is 3. The Labute approximate surface area is 155 Å². The van der Waals surface area contributed by atoms with Gasteiger partial charge in [-0.2, -0.15) is 0 Å². The number of benzene rings is 1. The van der Waals surface area contributed by atoms with Crippen molar-refractivity contribution in [1.82, 2.24) is 0 Å². The molecule has 2 heterocycles. The topological polar surface area (TPSA) is 47.9 Å². The monoisotopic (exact) mass is 356 g/mol. The lowest BCUT2D eigenvalue weighted by atomic mass is 9.62. The van der Waals surface area contributed by atoms with Gasteiger partial charge in [-0.05, 0) is 62.3 Å². The van der Waals surface area contributed by atoms with E-state index in [1.807, 2.05) is 12.1 Å². The third kappa shape index (κ3) is 3.28. The van der Waals surface area contributed by atoms with Crippen LogP contribution < -0.4 is 4.74 Å². The van der Waals surface area contributed by atoms with Gasteiger partial charge in [-0.15, -0.1) is 0 Å². The van der Waals surface area contributed by atoms with E-state index in [2.05, 4.69) is 24.3 Å². The minimum atomic E-state index is -0.0829. The fourth-order valence-corrected chi connectivity index (χ4v) is 4.57. The highest BCUT2D eigenvalue weighted by Crippen LogP contribution is 2.51. The number of hydrogen-bond acceptors (Lipinski definition) is 4. The van der Waals surface area contributed by atoms with Crippen molar-refractivity contribution in [3.63, 3.8) is 0 Å². The van der Waals surface area contributed by atoms with Crippen LogP contribution in [0.15, 0.2) is 47.9 Å². The molecule has 3 fully saturated rings. The fraction of sp³-hybridized carbons (Fsp3) is 0.545. The van der Waals surface area contributed by atoms with Crippen LogP contribution in [0.5, 0.6) is 5.75 Å². The molecule has 4 aliphatic rings. The Balaban J connectivity index is 1.50. The van der Waals surface area contributed by atoms with Crippen LogP contribution in [0.3, 0.4) is 0 Å². The molecule has 0 atom stereocenters. The highest BCUT2D eigenvalue weighted by Gasteiger charge is 2.50. The third-order valence-electron chi connectivity index (χ3n) is 6.31. The fourth-order valence-electron chi connectivity index (χ4n) is 4.57. The minimum absolute atomic E-state index is 0.0829. The molecule has 2 saturated heterocycles. The maximum atomic E-state index is 9.33. The van der Waals surface area contributed by atoms with Gasteiger partial charge in [0.15, 0.2) is 0 Å². The lowest BCUT2D eigenvalue weighted by Crippen LogP contribution is -2.53. The summed E-state index contributed by atoms with van der Waals surface area (Å²) in [5, 5.41) is 9.33. The van der Waals surface area contributed by atoms with E-state index in [9.17, 15) is 5.11 Å². The van der Waals surface area contributed by atoms with E-state index in [1.165, 1.54) is 5.56 Å². The Morgan fingerprint density at radius 3 is 2.73 bits per heavy atom. The Kier molecular flexibility index (Phi) is 4.80. The highest BCUT2D eigenvalue weighted by atomic mass is 16.5. The zero-order valence-electron chi connectivity index (χ0n) is 15.5. The Morgan fingerprint density at radius 1 is 1.19 bits per heavy atom. The second-order valence-electron chi connectivity index (χ2n) is 7.82. The van der Waals surface area contributed by atoms with Gasteiger partial charge in [0.1, 0.15) is 17.3 Å². The van der Waals surface area contributed by atoms with Gasteiger partial charge in [0.2, 0.25) is 0 Å². The van der Waals surface area contributed by atoms with Crippen molar-refractivity contribution < 1.29 is 19.3 Å². The van der Waals surface area contributed by atoms with E-state index < -0.39 is 0 Å². The molecular weight excluding hydrogens is 328 g/mol. The molecule has 2 bridgehead atoms. The summed E-state index contributed by atoms with van der Waals surface area (Å²) in [7, 11) is 1.69. The lowest BCUT2D eigenvalue weighted by molar-refractivity contribution is -0.164. The summed E-state index contributed by atoms with van der Waals surface area (Å²) in [6, 6.07) is 8.49. The molecule has 140 valence electrons. The number of aliphatic hydroxyl groups excluding tert-OH is 1. The summed E-state index contributed by atoms with van der Waals surface area (Å²) in [5.41, 5.74) is 1.32. The molecule has 1 N–H and O–H groups in total. The van der Waals surface area contributed by atoms with Crippen molar-refractivity contribution in [2.45, 2.75) is 56.0 Å². The molecule has 2 aliphatic carbocycles. The molecule has 5 rings (SSSR count). The number of aliphatic hydroxyl groups is 1. The molecule has 4 heteroatoms. The van der Waals surface area contributed by atoms with Crippen LogP contribution in [0.2, 0.25) is 0 Å². The number of methoxy groups -OCH3 is 1. The van der Waals surface area contributed by atoms with E-state index in [-0.39, 0.29) is 17.6 Å². The van der Waals surface area contributed by atoms with Crippen molar-refractivity contribution in [1.29, 1.82) is 0 Å². The standard InChI is InChI=1S/C22H28O4/c1-24-18-5-3-7-20(15-18)26-19-6-2-4-17(14-19)21-8-10-22(11-9-21,12-13-23)25-16-21/h2,4-6,14-15,23H,3,7-13,16H2,1H3. The number of allylic oxidation sites excluding steroid dienone is 3. The second-order valence-corrected chi connectivity index (χ2v) is 7.82. The van der Waals surface area contributed by atoms with Crippen LogP contribution in [0, 0.1) is 0 Å². The van der Waals surface area contributed by atoms with Gasteiger partial charge in [0, 0.05) is 24.5 Å². The molecule has 26 heavy (non-hydrogen) atoms. The van der Waals surface area contributed by atoms with E-state index in [0.29, 0.717) is 0 Å². The molecule has 1 saturated carbocycles. The van der Waals surface area contributed by atoms with Crippen LogP contribution >= 0.6 is 0 Å². The molecule has 4 nitrogen and oxygen atoms in total. The zero-order chi connectivity index (χ0) is 18.0. The maximum absolute atomic E-state index is 9.33. The SMILES string of the molecule is COC1=CCCC(Oc2cccc(C34CCC(CCO)(CC3)OC4)c2)=C1. The van der Waals surface area contributed by atoms with Gasteiger partial charge >= 0.3 is 0 Å². The van der Waals surface area contributed by atoms with Crippen molar-refractivity contribution in [2.75, 3.05) is 20.3 Å².